The van der Waals surface area contributed by atoms with E-state index in [-0.39, 0.29) is 0 Å². The van der Waals surface area contributed by atoms with Gasteiger partial charge in [0.25, 0.3) is 0 Å². The summed E-state index contributed by atoms with van der Waals surface area (Å²) in [5.74, 6) is 1.04. The van der Waals surface area contributed by atoms with E-state index in [0.717, 1.165) is 37.4 Å². The molecule has 0 bridgehead atoms. The highest BCUT2D eigenvalue weighted by Gasteiger charge is 2.23. The second kappa shape index (κ2) is 6.12. The van der Waals surface area contributed by atoms with Crippen molar-refractivity contribution < 1.29 is 0 Å². The first-order valence-electron chi connectivity index (χ1n) is 7.73. The van der Waals surface area contributed by atoms with Gasteiger partial charge in [-0.1, -0.05) is 6.07 Å². The zero-order chi connectivity index (χ0) is 14.7. The number of rotatable bonds is 5. The quantitative estimate of drug-likeness (QED) is 0.912. The van der Waals surface area contributed by atoms with Gasteiger partial charge >= 0.3 is 0 Å². The third-order valence-electron chi connectivity index (χ3n) is 4.13. The van der Waals surface area contributed by atoms with Gasteiger partial charge in [0.05, 0.1) is 23.6 Å². The molecule has 0 radical (unpaired) electrons. The monoisotopic (exact) mass is 282 g/mol. The summed E-state index contributed by atoms with van der Waals surface area (Å²) in [7, 11) is 0. The molecule has 0 spiro atoms. The fraction of sp³-hybridized carbons (Fsp3) is 0.412. The minimum Gasteiger partial charge on any atom is -0.375 e. The molecule has 0 amide bonds. The molecule has 0 fully saturated rings. The van der Waals surface area contributed by atoms with Crippen LogP contribution in [0.25, 0.3) is 0 Å². The van der Waals surface area contributed by atoms with Crippen molar-refractivity contribution in [1.82, 2.24) is 9.97 Å². The lowest BCUT2D eigenvalue weighted by atomic mass is 10.2. The summed E-state index contributed by atoms with van der Waals surface area (Å²) >= 11 is 0. The second-order valence-corrected chi connectivity index (χ2v) is 5.36. The van der Waals surface area contributed by atoms with Crippen LogP contribution in [0.15, 0.2) is 36.7 Å². The number of aromatic nitrogens is 2. The maximum Gasteiger partial charge on any atom is 0.128 e. The Morgan fingerprint density at radius 2 is 2.05 bits per heavy atom. The Balaban J connectivity index is 1.72. The molecule has 4 nitrogen and oxygen atoms in total. The van der Waals surface area contributed by atoms with Crippen molar-refractivity contribution in [3.63, 3.8) is 0 Å². The number of aryl methyl sites for hydroxylation is 1. The van der Waals surface area contributed by atoms with E-state index in [2.05, 4.69) is 52.2 Å². The zero-order valence-corrected chi connectivity index (χ0v) is 12.7. The van der Waals surface area contributed by atoms with Crippen LogP contribution in [0.5, 0.6) is 0 Å². The number of pyridine rings is 2. The number of nitrogens with one attached hydrogen (secondary N) is 1. The molecule has 1 unspecified atom stereocenters. The highest BCUT2D eigenvalue weighted by molar-refractivity contribution is 5.50. The zero-order valence-electron chi connectivity index (χ0n) is 12.7. The molecule has 4 heteroatoms. The highest BCUT2D eigenvalue weighted by Crippen LogP contribution is 2.32. The normalized spacial score (nSPS) is 16.6. The molecule has 21 heavy (non-hydrogen) atoms. The number of anilines is 2. The van der Waals surface area contributed by atoms with Gasteiger partial charge in [-0.25, -0.2) is 4.98 Å². The van der Waals surface area contributed by atoms with E-state index in [1.54, 1.807) is 0 Å². The molecule has 0 saturated heterocycles. The summed E-state index contributed by atoms with van der Waals surface area (Å²) in [4.78, 5) is 11.3. The maximum atomic E-state index is 4.56. The lowest BCUT2D eigenvalue weighted by Crippen LogP contribution is -2.22. The third kappa shape index (κ3) is 2.84. The van der Waals surface area contributed by atoms with Crippen molar-refractivity contribution in [2.45, 2.75) is 32.7 Å². The molecule has 2 aromatic heterocycles. The third-order valence-corrected chi connectivity index (χ3v) is 4.13. The van der Waals surface area contributed by atoms with E-state index in [1.165, 1.54) is 11.3 Å². The smallest absolute Gasteiger partial charge is 0.128 e. The predicted molar refractivity (Wildman–Crippen MR) is 86.7 cm³/mol. The summed E-state index contributed by atoms with van der Waals surface area (Å²) < 4.78 is 0. The number of hydrogen-bond donors (Lipinski definition) is 1. The summed E-state index contributed by atoms with van der Waals surface area (Å²) in [6.07, 6.45) is 6.01. The van der Waals surface area contributed by atoms with Gasteiger partial charge in [0.2, 0.25) is 0 Å². The molecule has 3 rings (SSSR count). The van der Waals surface area contributed by atoms with Gasteiger partial charge in [-0.05, 0) is 50.5 Å². The van der Waals surface area contributed by atoms with Crippen LogP contribution in [0, 0.1) is 0 Å². The average Bonchev–Trinajstić information content (AvgIpc) is 2.93. The van der Waals surface area contributed by atoms with E-state index >= 15 is 0 Å². The summed E-state index contributed by atoms with van der Waals surface area (Å²) in [6, 6.07) is 8.70. The first-order valence-corrected chi connectivity index (χ1v) is 7.73. The molecule has 1 aliphatic rings. The lowest BCUT2D eigenvalue weighted by molar-refractivity contribution is 0.745. The van der Waals surface area contributed by atoms with Crippen LogP contribution in [0.3, 0.4) is 0 Å². The van der Waals surface area contributed by atoms with Crippen molar-refractivity contribution in [3.05, 3.63) is 47.9 Å². The molecule has 0 aliphatic heterocycles. The van der Waals surface area contributed by atoms with Crippen LogP contribution >= 0.6 is 0 Å². The summed E-state index contributed by atoms with van der Waals surface area (Å²) in [5.41, 5.74) is 3.61. The van der Waals surface area contributed by atoms with Crippen LogP contribution in [0.2, 0.25) is 0 Å². The maximum absolute atomic E-state index is 4.56. The number of nitrogens with zero attached hydrogens (tertiary/aromatic N) is 3. The standard InChI is InChI=1S/C17H22N4/c1-3-21(4-2)16-10-8-14(12-19-16)20-15-9-7-13-6-5-11-18-17(13)15/h5-6,8,10-12,15,20H,3-4,7,9H2,1-2H3. The highest BCUT2D eigenvalue weighted by atomic mass is 15.2. The predicted octanol–water partition coefficient (Wildman–Crippen LogP) is 3.42. The average molecular weight is 282 g/mol. The fourth-order valence-corrected chi connectivity index (χ4v) is 2.96. The van der Waals surface area contributed by atoms with Crippen LogP contribution in [-0.4, -0.2) is 23.1 Å². The Hall–Kier alpha value is -2.10. The van der Waals surface area contributed by atoms with Gasteiger partial charge in [-0.15, -0.1) is 0 Å². The minimum atomic E-state index is 0.308. The van der Waals surface area contributed by atoms with Gasteiger partial charge in [0.1, 0.15) is 5.82 Å². The van der Waals surface area contributed by atoms with Gasteiger partial charge in [0.15, 0.2) is 0 Å². The molecule has 1 aliphatic carbocycles. The van der Waals surface area contributed by atoms with Crippen molar-refractivity contribution in [1.29, 1.82) is 0 Å². The van der Waals surface area contributed by atoms with Crippen LogP contribution < -0.4 is 10.2 Å². The van der Waals surface area contributed by atoms with Crippen LogP contribution in [0.1, 0.15) is 37.6 Å². The Labute approximate surface area is 126 Å². The van der Waals surface area contributed by atoms with E-state index in [0.29, 0.717) is 6.04 Å². The van der Waals surface area contributed by atoms with Gasteiger partial charge in [-0.3, -0.25) is 4.98 Å². The Kier molecular flexibility index (Phi) is 4.04. The van der Waals surface area contributed by atoms with E-state index < -0.39 is 0 Å². The molecule has 0 saturated carbocycles. The van der Waals surface area contributed by atoms with Crippen molar-refractivity contribution in [3.8, 4) is 0 Å². The lowest BCUT2D eigenvalue weighted by Gasteiger charge is -2.20. The number of hydrogen-bond acceptors (Lipinski definition) is 4. The molecule has 0 aromatic carbocycles. The van der Waals surface area contributed by atoms with Gasteiger partial charge < -0.3 is 10.2 Å². The minimum absolute atomic E-state index is 0.308. The Morgan fingerprint density at radius 1 is 1.19 bits per heavy atom. The molecule has 1 N–H and O–H groups in total. The van der Waals surface area contributed by atoms with Crippen molar-refractivity contribution >= 4 is 11.5 Å². The van der Waals surface area contributed by atoms with Crippen LogP contribution in [0.4, 0.5) is 11.5 Å². The second-order valence-electron chi connectivity index (χ2n) is 5.36. The molecule has 110 valence electrons. The van der Waals surface area contributed by atoms with Gasteiger partial charge in [-0.2, -0.15) is 0 Å². The van der Waals surface area contributed by atoms with Crippen molar-refractivity contribution in [2.75, 3.05) is 23.3 Å². The van der Waals surface area contributed by atoms with Crippen LogP contribution in [-0.2, 0) is 6.42 Å². The van der Waals surface area contributed by atoms with E-state index in [1.807, 2.05) is 18.5 Å². The fourth-order valence-electron chi connectivity index (χ4n) is 2.96. The molecule has 2 heterocycles. The number of fused-ring (bicyclic) bond motifs is 1. The Morgan fingerprint density at radius 3 is 2.76 bits per heavy atom. The first-order chi connectivity index (χ1) is 10.3. The summed E-state index contributed by atoms with van der Waals surface area (Å²) in [6.45, 7) is 6.27. The molecule has 1 atom stereocenters. The summed E-state index contributed by atoms with van der Waals surface area (Å²) in [5, 5.41) is 3.56. The van der Waals surface area contributed by atoms with Crippen molar-refractivity contribution in [2.24, 2.45) is 0 Å². The molecular weight excluding hydrogens is 260 g/mol. The molecular formula is C17H22N4. The van der Waals surface area contributed by atoms with E-state index in [4.69, 9.17) is 0 Å². The Bertz CT molecular complexity index is 590. The SMILES string of the molecule is CCN(CC)c1ccc(NC2CCc3cccnc32)cn1. The molecule has 2 aromatic rings. The first kappa shape index (κ1) is 13.9. The van der Waals surface area contributed by atoms with E-state index in [9.17, 15) is 0 Å². The largest absolute Gasteiger partial charge is 0.375 e. The topological polar surface area (TPSA) is 41.0 Å². The van der Waals surface area contributed by atoms with Gasteiger partial charge in [0, 0.05) is 19.3 Å².